The molecule has 0 aliphatic carbocycles. The fourth-order valence-electron chi connectivity index (χ4n) is 2.07. The normalized spacial score (nSPS) is 17.7. The van der Waals surface area contributed by atoms with Crippen LogP contribution in [0.2, 0.25) is 0 Å². The number of alkyl halides is 17. The number of urea groups is 2. The molecule has 198 valence electrons. The fraction of sp³-hybridized carbons (Fsp3) is 0.833. The van der Waals surface area contributed by atoms with Gasteiger partial charge in [-0.3, -0.25) is 0 Å². The van der Waals surface area contributed by atoms with Crippen LogP contribution in [-0.2, 0) is 0 Å². The predicted molar refractivity (Wildman–Crippen MR) is 67.7 cm³/mol. The zero-order valence-corrected chi connectivity index (χ0v) is 15.0. The summed E-state index contributed by atoms with van der Waals surface area (Å²) in [6.07, 6.45) is -10.8. The Labute approximate surface area is 173 Å². The molecule has 1 heterocycles. The van der Waals surface area contributed by atoms with Gasteiger partial charge in [0.1, 0.15) is 0 Å². The molecule has 1 rings (SSSR count). The molecular formula is C12H4F17N3O2. The molecular weight excluding hydrogens is 541 g/mol. The molecule has 1 aliphatic rings. The van der Waals surface area contributed by atoms with Crippen molar-refractivity contribution < 1.29 is 84.2 Å². The summed E-state index contributed by atoms with van der Waals surface area (Å²) in [4.78, 5) is 21.3. The van der Waals surface area contributed by atoms with Gasteiger partial charge in [0.05, 0.1) is 0 Å². The van der Waals surface area contributed by atoms with Crippen LogP contribution < -0.4 is 0 Å². The SMILES string of the molecule is O=C1N=NC(=O)N1CCC(F)(F)C(F)(F)C(F)(F)C(F)(F)C(F)(F)C(F)(F)C(F)(F)C(F)(F)F. The monoisotopic (exact) mass is 545 g/mol. The summed E-state index contributed by atoms with van der Waals surface area (Å²) in [7, 11) is 0. The highest BCUT2D eigenvalue weighted by Gasteiger charge is 2.95. The minimum atomic E-state index is -8.72. The van der Waals surface area contributed by atoms with Crippen molar-refractivity contribution in [1.29, 1.82) is 0 Å². The number of halogens is 17. The van der Waals surface area contributed by atoms with E-state index < -0.39 is 77.6 Å². The van der Waals surface area contributed by atoms with Gasteiger partial charge in [-0.1, -0.05) is 10.2 Å². The summed E-state index contributed by atoms with van der Waals surface area (Å²) in [5, 5.41) is 4.74. The van der Waals surface area contributed by atoms with E-state index in [1.54, 1.807) is 0 Å². The van der Waals surface area contributed by atoms with Gasteiger partial charge in [0.15, 0.2) is 0 Å². The van der Waals surface area contributed by atoms with Crippen molar-refractivity contribution in [3.63, 3.8) is 0 Å². The average molecular weight is 545 g/mol. The highest BCUT2D eigenvalue weighted by atomic mass is 19.4. The fourth-order valence-corrected chi connectivity index (χ4v) is 2.07. The minimum absolute atomic E-state index is 0.576. The maximum absolute atomic E-state index is 13.6. The lowest BCUT2D eigenvalue weighted by atomic mass is 9.88. The van der Waals surface area contributed by atoms with E-state index in [0.717, 1.165) is 0 Å². The number of nitrogens with zero attached hydrogens (tertiary/aromatic N) is 3. The third kappa shape index (κ3) is 3.81. The van der Waals surface area contributed by atoms with Gasteiger partial charge >= 0.3 is 59.7 Å². The zero-order valence-electron chi connectivity index (χ0n) is 15.0. The van der Waals surface area contributed by atoms with Gasteiger partial charge in [-0.15, -0.1) is 0 Å². The second-order valence-electron chi connectivity index (χ2n) is 6.32. The number of azo groups is 1. The molecule has 0 saturated carbocycles. The number of hydrogen-bond acceptors (Lipinski definition) is 2. The molecule has 0 radical (unpaired) electrons. The molecule has 0 saturated heterocycles. The van der Waals surface area contributed by atoms with Crippen molar-refractivity contribution >= 4 is 12.1 Å². The van der Waals surface area contributed by atoms with Crippen LogP contribution in [-0.4, -0.2) is 71.1 Å². The first-order valence-electron chi connectivity index (χ1n) is 7.64. The summed E-state index contributed by atoms with van der Waals surface area (Å²) in [6.45, 7) is -2.08. The molecule has 5 nitrogen and oxygen atoms in total. The summed E-state index contributed by atoms with van der Waals surface area (Å²) < 4.78 is 222. The number of rotatable bonds is 9. The number of imide groups is 1. The van der Waals surface area contributed by atoms with Crippen molar-refractivity contribution in [3.8, 4) is 0 Å². The number of hydrogen-bond donors (Lipinski definition) is 0. The van der Waals surface area contributed by atoms with Crippen molar-refractivity contribution in [3.05, 3.63) is 0 Å². The number of carbonyl (C=O) groups excluding carboxylic acids is 2. The molecule has 34 heavy (non-hydrogen) atoms. The second-order valence-corrected chi connectivity index (χ2v) is 6.32. The standard InChI is InChI=1S/C12H4F17N3O2/c13-5(14,1-2-32-3(33)30-31-4(32)34)6(15,16)7(17,18)8(19,20)9(21,22)10(23,24)11(25,26)12(27,28)29/h1-2H2. The Morgan fingerprint density at radius 2 is 0.794 bits per heavy atom. The quantitative estimate of drug-likeness (QED) is 0.315. The van der Waals surface area contributed by atoms with Gasteiger partial charge in [-0.2, -0.15) is 74.6 Å². The van der Waals surface area contributed by atoms with Crippen molar-refractivity contribution in [2.24, 2.45) is 10.2 Å². The van der Waals surface area contributed by atoms with Crippen LogP contribution in [0.4, 0.5) is 84.2 Å². The van der Waals surface area contributed by atoms with E-state index in [2.05, 4.69) is 10.2 Å². The molecule has 0 fully saturated rings. The van der Waals surface area contributed by atoms with Gasteiger partial charge in [-0.25, -0.2) is 14.5 Å². The smallest absolute Gasteiger partial charge is 0.244 e. The van der Waals surface area contributed by atoms with E-state index in [4.69, 9.17) is 0 Å². The van der Waals surface area contributed by atoms with Crippen LogP contribution >= 0.6 is 0 Å². The third-order valence-electron chi connectivity index (χ3n) is 4.12. The Morgan fingerprint density at radius 3 is 1.12 bits per heavy atom. The summed E-state index contributed by atoms with van der Waals surface area (Å²) in [6, 6.07) is -3.75. The van der Waals surface area contributed by atoms with Gasteiger partial charge in [-0.05, 0) is 0 Å². The Hall–Kier alpha value is -2.45. The van der Waals surface area contributed by atoms with E-state index in [9.17, 15) is 84.2 Å². The first-order valence-corrected chi connectivity index (χ1v) is 7.64. The molecule has 1 aliphatic heterocycles. The lowest BCUT2D eigenvalue weighted by Gasteiger charge is -2.42. The van der Waals surface area contributed by atoms with E-state index >= 15 is 0 Å². The summed E-state index contributed by atoms with van der Waals surface area (Å²) in [5.41, 5.74) is 0. The summed E-state index contributed by atoms with van der Waals surface area (Å²) in [5.74, 6) is -57.3. The highest BCUT2D eigenvalue weighted by molar-refractivity contribution is 5.98. The minimum Gasteiger partial charge on any atom is -0.244 e. The molecule has 0 aromatic carbocycles. The number of carbonyl (C=O) groups is 2. The zero-order chi connectivity index (χ0) is 27.6. The van der Waals surface area contributed by atoms with Gasteiger partial charge in [0.2, 0.25) is 0 Å². The van der Waals surface area contributed by atoms with E-state index in [1.807, 2.05) is 0 Å². The maximum atomic E-state index is 13.6. The van der Waals surface area contributed by atoms with Crippen LogP contribution in [0.5, 0.6) is 0 Å². The Bertz CT molecular complexity index is 844. The molecule has 0 aromatic rings. The molecule has 0 aromatic heterocycles. The largest absolute Gasteiger partial charge is 0.460 e. The van der Waals surface area contributed by atoms with Crippen LogP contribution in [0.15, 0.2) is 10.2 Å². The van der Waals surface area contributed by atoms with Gasteiger partial charge < -0.3 is 0 Å². The lowest BCUT2D eigenvalue weighted by molar-refractivity contribution is -0.461. The molecule has 4 amide bonds. The lowest BCUT2D eigenvalue weighted by Crippen LogP contribution is -2.74. The second kappa shape index (κ2) is 7.78. The highest BCUT2D eigenvalue weighted by Crippen LogP contribution is 2.64. The van der Waals surface area contributed by atoms with Crippen molar-refractivity contribution in [2.45, 2.75) is 54.1 Å². The van der Waals surface area contributed by atoms with Crippen molar-refractivity contribution in [1.82, 2.24) is 4.90 Å². The van der Waals surface area contributed by atoms with Gasteiger partial charge in [0, 0.05) is 13.0 Å². The van der Waals surface area contributed by atoms with E-state index in [1.165, 1.54) is 0 Å². The third-order valence-corrected chi connectivity index (χ3v) is 4.12. The van der Waals surface area contributed by atoms with Crippen molar-refractivity contribution in [2.75, 3.05) is 6.54 Å². The first kappa shape index (κ1) is 29.6. The van der Waals surface area contributed by atoms with Gasteiger partial charge in [0.25, 0.3) is 0 Å². The predicted octanol–water partition coefficient (Wildman–Crippen LogP) is 6.39. The Kier molecular flexibility index (Phi) is 6.77. The Balaban J connectivity index is 3.44. The molecule has 22 heteroatoms. The van der Waals surface area contributed by atoms with E-state index in [0.29, 0.717) is 0 Å². The molecule has 0 N–H and O–H groups in total. The van der Waals surface area contributed by atoms with E-state index in [-0.39, 0.29) is 0 Å². The maximum Gasteiger partial charge on any atom is 0.460 e. The molecule has 0 spiro atoms. The summed E-state index contributed by atoms with van der Waals surface area (Å²) >= 11 is 0. The molecule has 0 atom stereocenters. The number of amides is 4. The molecule has 0 unspecified atom stereocenters. The van der Waals surface area contributed by atoms with Crippen LogP contribution in [0.3, 0.4) is 0 Å². The average Bonchev–Trinajstić information content (AvgIpc) is 2.95. The first-order chi connectivity index (χ1) is 14.6. The van der Waals surface area contributed by atoms with Crippen LogP contribution in [0.1, 0.15) is 6.42 Å². The topological polar surface area (TPSA) is 62.1 Å². The van der Waals surface area contributed by atoms with Crippen LogP contribution in [0.25, 0.3) is 0 Å². The molecule has 0 bridgehead atoms. The Morgan fingerprint density at radius 1 is 0.500 bits per heavy atom. The van der Waals surface area contributed by atoms with Crippen LogP contribution in [0, 0.1) is 0 Å².